The van der Waals surface area contributed by atoms with E-state index in [2.05, 4.69) is 15.3 Å². The molecule has 1 heterocycles. The molecule has 0 aliphatic carbocycles. The molecule has 0 bridgehead atoms. The number of halogens is 1. The minimum absolute atomic E-state index is 0.105. The average Bonchev–Trinajstić information content (AvgIpc) is 2.73. The number of H-pyrrole nitrogens is 1. The van der Waals surface area contributed by atoms with Crippen molar-refractivity contribution in [2.75, 3.05) is 25.0 Å². The Morgan fingerprint density at radius 2 is 1.90 bits per heavy atom. The van der Waals surface area contributed by atoms with Crippen molar-refractivity contribution in [2.45, 2.75) is 20.4 Å². The molecule has 0 unspecified atom stereocenters. The van der Waals surface area contributed by atoms with Gasteiger partial charge in [-0.25, -0.2) is 9.78 Å². The van der Waals surface area contributed by atoms with Gasteiger partial charge in [0.2, 0.25) is 5.91 Å². The van der Waals surface area contributed by atoms with Crippen LogP contribution in [-0.2, 0) is 16.1 Å². The second-order valence-corrected chi connectivity index (χ2v) is 7.26. The molecular formula is C22H23ClN4O4. The molecule has 0 atom stereocenters. The number of fused-ring (bicyclic) bond motifs is 1. The van der Waals surface area contributed by atoms with Crippen LogP contribution >= 0.6 is 11.6 Å². The zero-order valence-corrected chi connectivity index (χ0v) is 18.0. The molecule has 2 N–H and O–H groups in total. The number of nitrogens with zero attached hydrogens (tertiary/aromatic N) is 2. The van der Waals surface area contributed by atoms with Gasteiger partial charge in [0, 0.05) is 10.7 Å². The Bertz CT molecular complexity index is 1140. The number of aromatic amines is 1. The van der Waals surface area contributed by atoms with Crippen molar-refractivity contribution in [3.63, 3.8) is 0 Å². The minimum Gasteiger partial charge on any atom is -0.462 e. The van der Waals surface area contributed by atoms with Crippen LogP contribution in [0.4, 0.5) is 5.69 Å². The first-order valence-corrected chi connectivity index (χ1v) is 10.2. The summed E-state index contributed by atoms with van der Waals surface area (Å²) in [5.74, 6) is -0.180. The molecule has 0 aliphatic rings. The number of hydrogen-bond donors (Lipinski definition) is 2. The number of nitrogens with one attached hydrogen (secondary N) is 2. The zero-order valence-electron chi connectivity index (χ0n) is 17.3. The highest BCUT2D eigenvalue weighted by molar-refractivity contribution is 6.31. The number of carbonyl (C=O) groups is 2. The Morgan fingerprint density at radius 1 is 1.16 bits per heavy atom. The normalized spacial score (nSPS) is 11.0. The first kappa shape index (κ1) is 22.5. The molecule has 31 heavy (non-hydrogen) atoms. The van der Waals surface area contributed by atoms with Crippen LogP contribution in [0.3, 0.4) is 0 Å². The largest absolute Gasteiger partial charge is 0.462 e. The summed E-state index contributed by atoms with van der Waals surface area (Å²) >= 11 is 6.00. The summed E-state index contributed by atoms with van der Waals surface area (Å²) < 4.78 is 4.94. The van der Waals surface area contributed by atoms with Crippen LogP contribution in [0.25, 0.3) is 10.9 Å². The fraction of sp³-hybridized carbons (Fsp3) is 0.273. The van der Waals surface area contributed by atoms with Crippen LogP contribution in [0.1, 0.15) is 30.0 Å². The Morgan fingerprint density at radius 3 is 2.58 bits per heavy atom. The van der Waals surface area contributed by atoms with Gasteiger partial charge in [-0.1, -0.05) is 18.5 Å². The lowest BCUT2D eigenvalue weighted by molar-refractivity contribution is -0.117. The summed E-state index contributed by atoms with van der Waals surface area (Å²) in [4.78, 5) is 45.5. The predicted octanol–water partition coefficient (Wildman–Crippen LogP) is 3.21. The summed E-state index contributed by atoms with van der Waals surface area (Å²) in [7, 11) is 0. The number of rotatable bonds is 8. The number of benzene rings is 2. The van der Waals surface area contributed by atoms with Crippen LogP contribution in [0.2, 0.25) is 5.02 Å². The predicted molar refractivity (Wildman–Crippen MR) is 119 cm³/mol. The number of likely N-dealkylation sites (N-methyl/N-ethyl adjacent to an activating group) is 1. The fourth-order valence-electron chi connectivity index (χ4n) is 3.03. The maximum atomic E-state index is 12.5. The van der Waals surface area contributed by atoms with Gasteiger partial charge in [0.05, 0.1) is 36.2 Å². The van der Waals surface area contributed by atoms with E-state index < -0.39 is 5.97 Å². The Labute approximate surface area is 184 Å². The van der Waals surface area contributed by atoms with Gasteiger partial charge in [0.15, 0.2) is 0 Å². The van der Waals surface area contributed by atoms with Gasteiger partial charge in [-0.3, -0.25) is 14.5 Å². The zero-order chi connectivity index (χ0) is 22.4. The maximum Gasteiger partial charge on any atom is 0.338 e. The third kappa shape index (κ3) is 5.90. The second-order valence-electron chi connectivity index (χ2n) is 6.82. The smallest absolute Gasteiger partial charge is 0.338 e. The SMILES string of the molecule is CCOC(=O)c1ccc(NC(=O)CN(CC)Cc2nc3cc(Cl)ccc3c(=O)[nH]2)cc1. The average molecular weight is 443 g/mol. The molecule has 2 aromatic carbocycles. The monoisotopic (exact) mass is 442 g/mol. The minimum atomic E-state index is -0.407. The van der Waals surface area contributed by atoms with E-state index in [1.54, 1.807) is 49.4 Å². The van der Waals surface area contributed by atoms with Gasteiger partial charge < -0.3 is 15.0 Å². The van der Waals surface area contributed by atoms with Crippen LogP contribution in [0.5, 0.6) is 0 Å². The van der Waals surface area contributed by atoms with Gasteiger partial charge in [-0.05, 0) is 55.9 Å². The molecule has 1 amide bonds. The van der Waals surface area contributed by atoms with E-state index in [1.807, 2.05) is 11.8 Å². The number of esters is 1. The van der Waals surface area contributed by atoms with Gasteiger partial charge >= 0.3 is 5.97 Å². The molecule has 0 fully saturated rings. The van der Waals surface area contributed by atoms with E-state index in [0.717, 1.165) is 0 Å². The van der Waals surface area contributed by atoms with E-state index in [4.69, 9.17) is 16.3 Å². The van der Waals surface area contributed by atoms with Gasteiger partial charge in [0.25, 0.3) is 5.56 Å². The van der Waals surface area contributed by atoms with E-state index in [0.29, 0.717) is 52.7 Å². The molecule has 0 spiro atoms. The fourth-order valence-corrected chi connectivity index (χ4v) is 3.20. The number of anilines is 1. The van der Waals surface area contributed by atoms with Crippen molar-refractivity contribution in [1.82, 2.24) is 14.9 Å². The lowest BCUT2D eigenvalue weighted by Gasteiger charge is -2.19. The lowest BCUT2D eigenvalue weighted by Crippen LogP contribution is -2.33. The molecule has 162 valence electrons. The first-order valence-electron chi connectivity index (χ1n) is 9.87. The van der Waals surface area contributed by atoms with Crippen LogP contribution in [-0.4, -0.2) is 46.4 Å². The van der Waals surface area contributed by atoms with E-state index >= 15 is 0 Å². The van der Waals surface area contributed by atoms with E-state index in [9.17, 15) is 14.4 Å². The second kappa shape index (κ2) is 10.2. The maximum absolute atomic E-state index is 12.5. The van der Waals surface area contributed by atoms with Crippen molar-refractivity contribution in [3.05, 3.63) is 69.2 Å². The number of amides is 1. The van der Waals surface area contributed by atoms with E-state index in [1.165, 1.54) is 0 Å². The standard InChI is InChI=1S/C22H23ClN4O4/c1-3-27(12-19-25-18-11-15(23)7-10-17(18)21(29)26-19)13-20(28)24-16-8-5-14(6-9-16)22(30)31-4-2/h5-11H,3-4,12-13H2,1-2H3,(H,24,28)(H,25,26,29). The quantitative estimate of drug-likeness (QED) is 0.519. The van der Waals surface area contributed by atoms with Crippen molar-refractivity contribution in [1.29, 1.82) is 0 Å². The number of carbonyl (C=O) groups excluding carboxylic acids is 2. The van der Waals surface area contributed by atoms with Crippen molar-refractivity contribution >= 4 is 40.1 Å². The lowest BCUT2D eigenvalue weighted by atomic mass is 10.2. The van der Waals surface area contributed by atoms with E-state index in [-0.39, 0.29) is 18.0 Å². The molecule has 0 radical (unpaired) electrons. The summed E-state index contributed by atoms with van der Waals surface area (Å²) in [6.07, 6.45) is 0. The summed E-state index contributed by atoms with van der Waals surface area (Å²) in [5, 5.41) is 3.75. The number of ether oxygens (including phenoxy) is 1. The molecule has 0 saturated heterocycles. The molecule has 9 heteroatoms. The van der Waals surface area contributed by atoms with Gasteiger partial charge in [-0.2, -0.15) is 0 Å². The van der Waals surface area contributed by atoms with Gasteiger partial charge in [0.1, 0.15) is 5.82 Å². The highest BCUT2D eigenvalue weighted by atomic mass is 35.5. The highest BCUT2D eigenvalue weighted by Crippen LogP contribution is 2.15. The third-order valence-corrected chi connectivity index (χ3v) is 4.82. The molecular weight excluding hydrogens is 420 g/mol. The van der Waals surface area contributed by atoms with Crippen molar-refractivity contribution in [3.8, 4) is 0 Å². The molecule has 0 saturated carbocycles. The molecule has 8 nitrogen and oxygen atoms in total. The summed E-state index contributed by atoms with van der Waals surface area (Å²) in [6, 6.07) is 11.4. The number of aromatic nitrogens is 2. The van der Waals surface area contributed by atoms with Crippen LogP contribution < -0.4 is 10.9 Å². The molecule has 3 aromatic rings. The number of hydrogen-bond acceptors (Lipinski definition) is 6. The summed E-state index contributed by atoms with van der Waals surface area (Å²) in [6.45, 7) is 4.93. The third-order valence-electron chi connectivity index (χ3n) is 4.59. The van der Waals surface area contributed by atoms with Crippen molar-refractivity contribution < 1.29 is 14.3 Å². The Balaban J connectivity index is 1.64. The van der Waals surface area contributed by atoms with Crippen molar-refractivity contribution in [2.24, 2.45) is 0 Å². The van der Waals surface area contributed by atoms with Gasteiger partial charge in [-0.15, -0.1) is 0 Å². The molecule has 3 rings (SSSR count). The summed E-state index contributed by atoms with van der Waals surface area (Å²) in [5.41, 5.74) is 1.25. The molecule has 1 aromatic heterocycles. The topological polar surface area (TPSA) is 104 Å². The molecule has 0 aliphatic heterocycles. The van der Waals surface area contributed by atoms with Crippen LogP contribution in [0.15, 0.2) is 47.3 Å². The highest BCUT2D eigenvalue weighted by Gasteiger charge is 2.13. The first-order chi connectivity index (χ1) is 14.9. The Kier molecular flexibility index (Phi) is 7.38. The van der Waals surface area contributed by atoms with Crippen LogP contribution in [0, 0.1) is 0 Å². The Hall–Kier alpha value is -3.23.